The van der Waals surface area contributed by atoms with Crippen LogP contribution in [0.5, 0.6) is 11.5 Å². The smallest absolute Gasteiger partial charge is 0.161 e. The molecule has 0 saturated heterocycles. The van der Waals surface area contributed by atoms with Gasteiger partial charge in [0.25, 0.3) is 0 Å². The number of hydrogen-bond donors (Lipinski definition) is 0. The van der Waals surface area contributed by atoms with Crippen LogP contribution in [0.25, 0.3) is 0 Å². The summed E-state index contributed by atoms with van der Waals surface area (Å²) in [5.41, 5.74) is 5.73. The van der Waals surface area contributed by atoms with Crippen molar-refractivity contribution in [3.63, 3.8) is 0 Å². The van der Waals surface area contributed by atoms with Crippen LogP contribution in [-0.4, -0.2) is 26.2 Å². The molecule has 0 spiro atoms. The third-order valence-electron chi connectivity index (χ3n) is 5.23. The molecule has 2 aliphatic heterocycles. The predicted octanol–water partition coefficient (Wildman–Crippen LogP) is 3.53. The lowest BCUT2D eigenvalue weighted by atomic mass is 9.77. The third kappa shape index (κ3) is 1.85. The molecule has 0 N–H and O–H groups in total. The number of nitrogens with zero attached hydrogens (tertiary/aromatic N) is 1. The van der Waals surface area contributed by atoms with Gasteiger partial charge in [-0.15, -0.1) is 0 Å². The third-order valence-corrected chi connectivity index (χ3v) is 5.23. The van der Waals surface area contributed by atoms with Crippen LogP contribution >= 0.6 is 0 Å². The second-order valence-corrected chi connectivity index (χ2v) is 6.21. The van der Waals surface area contributed by atoms with E-state index >= 15 is 0 Å². The van der Waals surface area contributed by atoms with Crippen molar-refractivity contribution in [3.8, 4) is 11.5 Å². The summed E-state index contributed by atoms with van der Waals surface area (Å²) in [7, 11) is 5.65. The summed E-state index contributed by atoms with van der Waals surface area (Å²) < 4.78 is 11.0. The number of rotatable bonds is 2. The summed E-state index contributed by atoms with van der Waals surface area (Å²) in [5, 5.41) is 0. The first kappa shape index (κ1) is 13.6. The van der Waals surface area contributed by atoms with Crippen molar-refractivity contribution in [1.82, 2.24) is 4.90 Å². The molecule has 22 heavy (non-hydrogen) atoms. The molecule has 0 fully saturated rings. The van der Waals surface area contributed by atoms with E-state index in [2.05, 4.69) is 48.3 Å². The van der Waals surface area contributed by atoms with Crippen molar-refractivity contribution in [3.05, 3.63) is 58.7 Å². The highest BCUT2D eigenvalue weighted by atomic mass is 16.5. The van der Waals surface area contributed by atoms with E-state index in [9.17, 15) is 0 Å². The maximum atomic E-state index is 5.50. The quantitative estimate of drug-likeness (QED) is 0.846. The van der Waals surface area contributed by atoms with Crippen LogP contribution in [-0.2, 0) is 12.8 Å². The van der Waals surface area contributed by atoms with Crippen LogP contribution < -0.4 is 9.47 Å². The van der Waals surface area contributed by atoms with Crippen molar-refractivity contribution < 1.29 is 9.47 Å². The molecule has 114 valence electrons. The highest BCUT2D eigenvalue weighted by Crippen LogP contribution is 2.48. The van der Waals surface area contributed by atoms with Gasteiger partial charge in [-0.3, -0.25) is 4.90 Å². The number of ether oxygens (including phenoxy) is 2. The molecule has 2 aliphatic rings. The van der Waals surface area contributed by atoms with Crippen LogP contribution in [0, 0.1) is 0 Å². The van der Waals surface area contributed by atoms with Gasteiger partial charge in [0.05, 0.1) is 14.2 Å². The van der Waals surface area contributed by atoms with E-state index in [1.807, 2.05) is 0 Å². The van der Waals surface area contributed by atoms with Crippen molar-refractivity contribution in [2.24, 2.45) is 0 Å². The molecule has 4 rings (SSSR count). The zero-order valence-corrected chi connectivity index (χ0v) is 13.3. The topological polar surface area (TPSA) is 21.7 Å². The minimum Gasteiger partial charge on any atom is -0.493 e. The summed E-state index contributed by atoms with van der Waals surface area (Å²) in [6, 6.07) is 14.1. The molecule has 2 unspecified atom stereocenters. The Kier molecular flexibility index (Phi) is 3.12. The second kappa shape index (κ2) is 5.03. The van der Waals surface area contributed by atoms with Crippen LogP contribution in [0.3, 0.4) is 0 Å². The fourth-order valence-corrected chi connectivity index (χ4v) is 4.05. The Hall–Kier alpha value is -2.00. The Balaban J connectivity index is 1.86. The molecular formula is C19H21NO2. The minimum absolute atomic E-state index is 0.420. The van der Waals surface area contributed by atoms with E-state index in [0.717, 1.165) is 24.3 Å². The van der Waals surface area contributed by atoms with E-state index in [1.165, 1.54) is 22.3 Å². The van der Waals surface area contributed by atoms with E-state index < -0.39 is 0 Å². The maximum absolute atomic E-state index is 5.50. The zero-order valence-electron chi connectivity index (χ0n) is 13.3. The summed E-state index contributed by atoms with van der Waals surface area (Å²) in [4.78, 5) is 2.51. The lowest BCUT2D eigenvalue weighted by Gasteiger charge is -2.46. The van der Waals surface area contributed by atoms with E-state index in [-0.39, 0.29) is 0 Å². The minimum atomic E-state index is 0.420. The van der Waals surface area contributed by atoms with Gasteiger partial charge >= 0.3 is 0 Å². The standard InChI is InChI=1S/C19H21NO2/c1-20-16-9-13-10-18(21-2)19(22-3)11-15(13)17(20)8-12-6-4-5-7-14(12)16/h4-7,10-11,16-17H,8-9H2,1-3H3. The van der Waals surface area contributed by atoms with Crippen LogP contribution in [0.15, 0.2) is 36.4 Å². The van der Waals surface area contributed by atoms with Crippen LogP contribution in [0.1, 0.15) is 34.3 Å². The summed E-state index contributed by atoms with van der Waals surface area (Å²) in [6.45, 7) is 0. The van der Waals surface area contributed by atoms with Crippen molar-refractivity contribution in [2.45, 2.75) is 24.9 Å². The molecule has 3 heteroatoms. The molecule has 2 bridgehead atoms. The first-order valence-electron chi connectivity index (χ1n) is 7.77. The fourth-order valence-electron chi connectivity index (χ4n) is 4.05. The lowest BCUT2D eigenvalue weighted by Crippen LogP contribution is -2.40. The van der Waals surface area contributed by atoms with Crippen molar-refractivity contribution in [2.75, 3.05) is 21.3 Å². The largest absolute Gasteiger partial charge is 0.493 e. The maximum Gasteiger partial charge on any atom is 0.161 e. The molecule has 0 aromatic heterocycles. The first-order chi connectivity index (χ1) is 10.7. The number of likely N-dealkylation sites (N-methyl/N-ethyl adjacent to an activating group) is 1. The highest BCUT2D eigenvalue weighted by Gasteiger charge is 2.38. The molecule has 0 radical (unpaired) electrons. The summed E-state index contributed by atoms with van der Waals surface area (Å²) in [5.74, 6) is 1.66. The second-order valence-electron chi connectivity index (χ2n) is 6.21. The van der Waals surface area contributed by atoms with Gasteiger partial charge in [0.1, 0.15) is 0 Å². The number of hydrogen-bond acceptors (Lipinski definition) is 3. The number of benzene rings is 2. The average molecular weight is 295 g/mol. The van der Waals surface area contributed by atoms with Gasteiger partial charge in [-0.05, 0) is 54.3 Å². The van der Waals surface area contributed by atoms with Crippen molar-refractivity contribution in [1.29, 1.82) is 0 Å². The van der Waals surface area contributed by atoms with E-state index in [1.54, 1.807) is 14.2 Å². The molecule has 0 saturated carbocycles. The monoisotopic (exact) mass is 295 g/mol. The molecule has 0 amide bonds. The number of methoxy groups -OCH3 is 2. The van der Waals surface area contributed by atoms with Gasteiger partial charge in [-0.25, -0.2) is 0 Å². The highest BCUT2D eigenvalue weighted by molar-refractivity contribution is 5.52. The normalized spacial score (nSPS) is 22.7. The fraction of sp³-hybridized carbons (Fsp3) is 0.368. The Labute approximate surface area is 131 Å². The van der Waals surface area contributed by atoms with Gasteiger partial charge in [-0.1, -0.05) is 24.3 Å². The Morgan fingerprint density at radius 2 is 1.50 bits per heavy atom. The van der Waals surface area contributed by atoms with Crippen molar-refractivity contribution >= 4 is 0 Å². The van der Waals surface area contributed by atoms with Gasteiger partial charge in [0.15, 0.2) is 11.5 Å². The molecule has 2 heterocycles. The van der Waals surface area contributed by atoms with Crippen LogP contribution in [0.2, 0.25) is 0 Å². The lowest BCUT2D eigenvalue weighted by molar-refractivity contribution is 0.137. The van der Waals surface area contributed by atoms with Gasteiger partial charge in [0, 0.05) is 12.1 Å². The van der Waals surface area contributed by atoms with Crippen LogP contribution in [0.4, 0.5) is 0 Å². The first-order valence-corrected chi connectivity index (χ1v) is 7.77. The Bertz CT molecular complexity index is 725. The van der Waals surface area contributed by atoms with Gasteiger partial charge in [0.2, 0.25) is 0 Å². The van der Waals surface area contributed by atoms with E-state index in [4.69, 9.17) is 9.47 Å². The SMILES string of the molecule is COc1cc2c(cc1OC)C1Cc3ccccc3C(C2)N1C. The zero-order chi connectivity index (χ0) is 15.3. The average Bonchev–Trinajstić information content (AvgIpc) is 2.55. The molecule has 2 aromatic rings. The Morgan fingerprint density at radius 3 is 2.27 bits per heavy atom. The molecule has 3 nitrogen and oxygen atoms in total. The molecular weight excluding hydrogens is 274 g/mol. The Morgan fingerprint density at radius 1 is 0.864 bits per heavy atom. The number of fused-ring (bicyclic) bond motifs is 6. The summed E-state index contributed by atoms with van der Waals surface area (Å²) >= 11 is 0. The van der Waals surface area contributed by atoms with E-state index in [0.29, 0.717) is 12.1 Å². The predicted molar refractivity (Wildman–Crippen MR) is 86.6 cm³/mol. The van der Waals surface area contributed by atoms with Gasteiger partial charge in [-0.2, -0.15) is 0 Å². The molecule has 2 aromatic carbocycles. The molecule has 2 atom stereocenters. The van der Waals surface area contributed by atoms with Gasteiger partial charge < -0.3 is 9.47 Å². The molecule has 0 aliphatic carbocycles. The summed E-state index contributed by atoms with van der Waals surface area (Å²) in [6.07, 6.45) is 2.09.